The van der Waals surface area contributed by atoms with Crippen LogP contribution in [0.4, 0.5) is 0 Å². The summed E-state index contributed by atoms with van der Waals surface area (Å²) < 4.78 is 3.90. The van der Waals surface area contributed by atoms with Crippen LogP contribution in [0.15, 0.2) is 6.20 Å². The molecule has 7 heteroatoms. The third-order valence-corrected chi connectivity index (χ3v) is 5.26. The van der Waals surface area contributed by atoms with Gasteiger partial charge in [0.1, 0.15) is 11.0 Å². The van der Waals surface area contributed by atoms with Crippen LogP contribution in [-0.4, -0.2) is 42.6 Å². The van der Waals surface area contributed by atoms with Crippen LogP contribution in [0.3, 0.4) is 0 Å². The van der Waals surface area contributed by atoms with Crippen molar-refractivity contribution in [1.29, 1.82) is 0 Å². The lowest BCUT2D eigenvalue weighted by molar-refractivity contribution is -0.122. The summed E-state index contributed by atoms with van der Waals surface area (Å²) in [5, 5.41) is 16.0. The summed E-state index contributed by atoms with van der Waals surface area (Å²) in [7, 11) is 0. The maximum Gasteiger partial charge on any atom is 0.222 e. The minimum atomic E-state index is 0.0242. The lowest BCUT2D eigenvalue weighted by Crippen LogP contribution is -2.62. The third-order valence-electron chi connectivity index (χ3n) is 5.26. The molecule has 2 aromatic heterocycles. The summed E-state index contributed by atoms with van der Waals surface area (Å²) in [4.78, 5) is 12.6. The average molecular weight is 375 g/mol. The number of aromatic nitrogens is 4. The van der Waals surface area contributed by atoms with Crippen LogP contribution in [0.25, 0.3) is 11.0 Å². The van der Waals surface area contributed by atoms with Crippen molar-refractivity contribution in [3.63, 3.8) is 0 Å². The van der Waals surface area contributed by atoms with Gasteiger partial charge in [0.05, 0.1) is 18.4 Å². The van der Waals surface area contributed by atoms with Crippen molar-refractivity contribution < 1.29 is 4.79 Å². The molecule has 2 aromatic rings. The first kappa shape index (κ1) is 19.9. The molecule has 0 aliphatic carbocycles. The molecule has 0 atom stereocenters. The molecule has 0 aromatic carbocycles. The Kier molecular flexibility index (Phi) is 5.10. The summed E-state index contributed by atoms with van der Waals surface area (Å²) in [5.41, 5.74) is 3.07. The van der Waals surface area contributed by atoms with Crippen LogP contribution in [-0.2, 0) is 11.3 Å². The number of hydrogen-bond donors (Lipinski definition) is 2. The summed E-state index contributed by atoms with van der Waals surface area (Å²) in [6.45, 7) is 15.6. The molecule has 1 saturated heterocycles. The van der Waals surface area contributed by atoms with E-state index in [1.807, 2.05) is 22.5 Å². The molecule has 1 aliphatic heterocycles. The van der Waals surface area contributed by atoms with E-state index in [4.69, 9.17) is 0 Å². The molecular formula is C20H34N6O. The molecule has 0 spiro atoms. The van der Waals surface area contributed by atoms with Gasteiger partial charge in [0.25, 0.3) is 0 Å². The van der Waals surface area contributed by atoms with Crippen molar-refractivity contribution in [1.82, 2.24) is 30.2 Å². The topological polar surface area (TPSA) is 76.8 Å². The van der Waals surface area contributed by atoms with Crippen molar-refractivity contribution in [3.8, 4) is 0 Å². The number of aryl methyl sites for hydroxylation is 2. The molecule has 1 aliphatic rings. The zero-order valence-corrected chi connectivity index (χ0v) is 17.8. The van der Waals surface area contributed by atoms with Crippen LogP contribution in [0, 0.1) is 6.92 Å². The van der Waals surface area contributed by atoms with Gasteiger partial charge in [-0.05, 0) is 61.3 Å². The van der Waals surface area contributed by atoms with Crippen molar-refractivity contribution in [2.24, 2.45) is 0 Å². The van der Waals surface area contributed by atoms with E-state index in [2.05, 4.69) is 62.4 Å². The van der Waals surface area contributed by atoms with E-state index in [0.29, 0.717) is 13.0 Å². The van der Waals surface area contributed by atoms with Gasteiger partial charge in [-0.1, -0.05) is 0 Å². The third kappa shape index (κ3) is 4.34. The van der Waals surface area contributed by atoms with Crippen molar-refractivity contribution >= 4 is 16.9 Å². The van der Waals surface area contributed by atoms with Crippen molar-refractivity contribution in [2.45, 2.75) is 97.4 Å². The number of nitrogens with one attached hydrogen (secondary N) is 2. The summed E-state index contributed by atoms with van der Waals surface area (Å²) in [6.07, 6.45) is 4.15. The lowest BCUT2D eigenvalue weighted by atomic mass is 9.79. The number of nitrogens with zero attached hydrogens (tertiary/aromatic N) is 4. The van der Waals surface area contributed by atoms with Crippen LogP contribution in [0.2, 0.25) is 0 Å². The van der Waals surface area contributed by atoms with E-state index in [1.54, 1.807) is 0 Å². The average Bonchev–Trinajstić information content (AvgIpc) is 3.03. The molecule has 0 unspecified atom stereocenters. The monoisotopic (exact) mass is 374 g/mol. The molecule has 3 rings (SSSR count). The molecule has 0 radical (unpaired) electrons. The Morgan fingerprint density at radius 3 is 2.52 bits per heavy atom. The standard InChI is InChI=1S/C20H34N6O/c1-13(2)26-16-12-21-25(18(16)14(3)23-26)9-8-17(27)22-15-10-19(4,5)24-20(6,7)11-15/h12-13,15,24H,8-11H2,1-7H3,(H,22,27). The highest BCUT2D eigenvalue weighted by Gasteiger charge is 2.38. The van der Waals surface area contributed by atoms with Gasteiger partial charge in [0.2, 0.25) is 5.91 Å². The Morgan fingerprint density at radius 2 is 1.93 bits per heavy atom. The van der Waals surface area contributed by atoms with Gasteiger partial charge in [0.15, 0.2) is 0 Å². The minimum absolute atomic E-state index is 0.0242. The van der Waals surface area contributed by atoms with Gasteiger partial charge in [-0.3, -0.25) is 14.2 Å². The number of piperidine rings is 1. The molecule has 150 valence electrons. The molecule has 7 nitrogen and oxygen atoms in total. The zero-order chi connectivity index (χ0) is 20.0. The lowest BCUT2D eigenvalue weighted by Gasteiger charge is -2.46. The van der Waals surface area contributed by atoms with Crippen LogP contribution in [0.5, 0.6) is 0 Å². The Morgan fingerprint density at radius 1 is 1.30 bits per heavy atom. The van der Waals surface area contributed by atoms with E-state index >= 15 is 0 Å². The predicted octanol–water partition coefficient (Wildman–Crippen LogP) is 2.94. The Bertz CT molecular complexity index is 813. The summed E-state index contributed by atoms with van der Waals surface area (Å²) in [5.74, 6) is 0.0889. The summed E-state index contributed by atoms with van der Waals surface area (Å²) >= 11 is 0. The first-order chi connectivity index (χ1) is 12.5. The van der Waals surface area contributed by atoms with Crippen molar-refractivity contribution in [2.75, 3.05) is 0 Å². The molecular weight excluding hydrogens is 340 g/mol. The second-order valence-corrected chi connectivity index (χ2v) is 9.54. The van der Waals surface area contributed by atoms with Crippen LogP contribution < -0.4 is 10.6 Å². The molecule has 3 heterocycles. The second-order valence-electron chi connectivity index (χ2n) is 9.54. The molecule has 27 heavy (non-hydrogen) atoms. The Hall–Kier alpha value is -1.89. The number of hydrogen-bond acceptors (Lipinski definition) is 4. The van der Waals surface area contributed by atoms with Gasteiger partial charge in [0, 0.05) is 29.6 Å². The normalized spacial score (nSPS) is 19.7. The number of rotatable bonds is 5. The number of carbonyl (C=O) groups is 1. The first-order valence-electron chi connectivity index (χ1n) is 9.97. The van der Waals surface area contributed by atoms with Gasteiger partial charge in [-0.15, -0.1) is 0 Å². The molecule has 0 saturated carbocycles. The molecule has 2 N–H and O–H groups in total. The zero-order valence-electron chi connectivity index (χ0n) is 17.8. The maximum absolute atomic E-state index is 12.6. The fourth-order valence-corrected chi connectivity index (χ4v) is 4.67. The number of fused-ring (bicyclic) bond motifs is 1. The Balaban J connectivity index is 1.64. The van der Waals surface area contributed by atoms with Crippen LogP contribution >= 0.6 is 0 Å². The van der Waals surface area contributed by atoms with Gasteiger partial charge < -0.3 is 10.6 Å². The predicted molar refractivity (Wildman–Crippen MR) is 108 cm³/mol. The number of amides is 1. The maximum atomic E-state index is 12.6. The van der Waals surface area contributed by atoms with Gasteiger partial charge in [-0.2, -0.15) is 10.2 Å². The molecule has 1 amide bonds. The van der Waals surface area contributed by atoms with E-state index in [0.717, 1.165) is 29.6 Å². The fourth-order valence-electron chi connectivity index (χ4n) is 4.67. The molecule has 1 fully saturated rings. The SMILES string of the molecule is Cc1nn(C(C)C)c2cnn(CCC(=O)NC3CC(C)(C)NC(C)(C)C3)c12. The van der Waals surface area contributed by atoms with E-state index in [1.165, 1.54) is 0 Å². The molecule has 0 bridgehead atoms. The highest BCUT2D eigenvalue weighted by Crippen LogP contribution is 2.28. The number of carbonyl (C=O) groups excluding carboxylic acids is 1. The van der Waals surface area contributed by atoms with E-state index in [-0.39, 0.29) is 29.1 Å². The largest absolute Gasteiger partial charge is 0.353 e. The van der Waals surface area contributed by atoms with Crippen LogP contribution in [0.1, 0.15) is 72.5 Å². The second kappa shape index (κ2) is 6.93. The highest BCUT2D eigenvalue weighted by atomic mass is 16.1. The summed E-state index contributed by atoms with van der Waals surface area (Å²) in [6, 6.07) is 0.487. The van der Waals surface area contributed by atoms with Gasteiger partial charge in [-0.25, -0.2) is 0 Å². The smallest absolute Gasteiger partial charge is 0.222 e. The van der Waals surface area contributed by atoms with Crippen molar-refractivity contribution in [3.05, 3.63) is 11.9 Å². The highest BCUT2D eigenvalue weighted by molar-refractivity contribution is 5.79. The van der Waals surface area contributed by atoms with E-state index in [9.17, 15) is 4.79 Å². The first-order valence-corrected chi connectivity index (χ1v) is 9.97. The van der Waals surface area contributed by atoms with Gasteiger partial charge >= 0.3 is 0 Å². The fraction of sp³-hybridized carbons (Fsp3) is 0.750. The van der Waals surface area contributed by atoms with E-state index < -0.39 is 0 Å². The Labute approximate surface area is 161 Å². The quantitative estimate of drug-likeness (QED) is 0.844. The minimum Gasteiger partial charge on any atom is -0.353 e.